The van der Waals surface area contributed by atoms with Crippen molar-refractivity contribution in [3.05, 3.63) is 76.0 Å². The lowest BCUT2D eigenvalue weighted by molar-refractivity contribution is -0.384. The van der Waals surface area contributed by atoms with Crippen molar-refractivity contribution in [2.75, 3.05) is 0 Å². The lowest BCUT2D eigenvalue weighted by Crippen LogP contribution is -1.87. The maximum atomic E-state index is 10.8. The van der Waals surface area contributed by atoms with Crippen molar-refractivity contribution in [1.82, 2.24) is 10.2 Å². The number of aromatic hydroxyl groups is 1. The molecule has 0 unspecified atom stereocenters. The van der Waals surface area contributed by atoms with Crippen LogP contribution in [0.1, 0.15) is 11.1 Å². The molecular weight excluding hydrogens is 294 g/mol. The Kier molecular flexibility index (Phi) is 3.88. The monoisotopic (exact) mass is 307 g/mol. The number of H-pyrrole nitrogens is 1. The Labute approximate surface area is 131 Å². The van der Waals surface area contributed by atoms with Gasteiger partial charge in [-0.2, -0.15) is 5.10 Å². The van der Waals surface area contributed by atoms with E-state index in [0.29, 0.717) is 16.8 Å². The number of benzene rings is 2. The van der Waals surface area contributed by atoms with Gasteiger partial charge in [0.2, 0.25) is 0 Å². The fourth-order valence-electron chi connectivity index (χ4n) is 2.25. The van der Waals surface area contributed by atoms with Crippen LogP contribution in [0.2, 0.25) is 0 Å². The molecule has 6 nitrogen and oxygen atoms in total. The number of aromatic nitrogens is 2. The van der Waals surface area contributed by atoms with E-state index in [4.69, 9.17) is 0 Å². The molecule has 114 valence electrons. The second-order valence-electron chi connectivity index (χ2n) is 4.90. The van der Waals surface area contributed by atoms with Gasteiger partial charge in [0.05, 0.1) is 16.8 Å². The van der Waals surface area contributed by atoms with Crippen LogP contribution in [-0.2, 0) is 0 Å². The summed E-state index contributed by atoms with van der Waals surface area (Å²) in [6.07, 6.45) is 5.20. The van der Waals surface area contributed by atoms with E-state index in [0.717, 1.165) is 5.56 Å². The third-order valence-corrected chi connectivity index (χ3v) is 3.38. The molecule has 0 spiro atoms. The minimum atomic E-state index is -0.428. The lowest BCUT2D eigenvalue weighted by atomic mass is 10.1. The topological polar surface area (TPSA) is 92.0 Å². The Morgan fingerprint density at radius 3 is 2.74 bits per heavy atom. The van der Waals surface area contributed by atoms with Crippen LogP contribution < -0.4 is 0 Å². The number of hydrogen-bond acceptors (Lipinski definition) is 4. The summed E-state index contributed by atoms with van der Waals surface area (Å²) in [4.78, 5) is 10.4. The molecule has 0 bridgehead atoms. The molecule has 6 heteroatoms. The molecule has 0 atom stereocenters. The molecule has 0 aliphatic carbocycles. The average Bonchev–Trinajstić information content (AvgIpc) is 3.02. The van der Waals surface area contributed by atoms with Gasteiger partial charge >= 0.3 is 0 Å². The molecule has 3 rings (SSSR count). The predicted molar refractivity (Wildman–Crippen MR) is 87.7 cm³/mol. The molecule has 2 N–H and O–H groups in total. The Bertz CT molecular complexity index is 884. The standard InChI is InChI=1S/C17H13N3O3/c21-16-7-2-1-6-15(16)17-13(11-18-19-17)9-8-12-4-3-5-14(10-12)20(22)23/h1-11,21H,(H,18,19)/b9-8-. The van der Waals surface area contributed by atoms with E-state index < -0.39 is 4.92 Å². The van der Waals surface area contributed by atoms with Crippen molar-refractivity contribution in [1.29, 1.82) is 0 Å². The van der Waals surface area contributed by atoms with E-state index >= 15 is 0 Å². The Morgan fingerprint density at radius 1 is 1.13 bits per heavy atom. The number of rotatable bonds is 4. The summed E-state index contributed by atoms with van der Waals surface area (Å²) in [5, 5.41) is 27.6. The Balaban J connectivity index is 1.93. The molecule has 1 heterocycles. The highest BCUT2D eigenvalue weighted by molar-refractivity contribution is 5.80. The second-order valence-corrected chi connectivity index (χ2v) is 4.90. The minimum absolute atomic E-state index is 0.0419. The van der Waals surface area contributed by atoms with Gasteiger partial charge in [-0.3, -0.25) is 15.2 Å². The molecule has 0 fully saturated rings. The van der Waals surface area contributed by atoms with E-state index in [2.05, 4.69) is 10.2 Å². The van der Waals surface area contributed by atoms with Crippen LogP contribution in [0.15, 0.2) is 54.7 Å². The summed E-state index contributed by atoms with van der Waals surface area (Å²) < 4.78 is 0. The Morgan fingerprint density at radius 2 is 1.96 bits per heavy atom. The average molecular weight is 307 g/mol. The number of nitrogens with one attached hydrogen (secondary N) is 1. The number of phenolic OH excluding ortho intramolecular Hbond substituents is 1. The number of phenols is 1. The van der Waals surface area contributed by atoms with E-state index in [1.54, 1.807) is 48.7 Å². The summed E-state index contributed by atoms with van der Waals surface area (Å²) in [7, 11) is 0. The van der Waals surface area contributed by atoms with Crippen LogP contribution in [0.4, 0.5) is 5.69 Å². The zero-order valence-corrected chi connectivity index (χ0v) is 12.0. The lowest BCUT2D eigenvalue weighted by Gasteiger charge is -2.02. The number of nitrogens with zero attached hydrogens (tertiary/aromatic N) is 2. The first-order valence-corrected chi connectivity index (χ1v) is 6.89. The van der Waals surface area contributed by atoms with E-state index in [9.17, 15) is 15.2 Å². The molecule has 0 saturated heterocycles. The zero-order chi connectivity index (χ0) is 16.2. The molecule has 23 heavy (non-hydrogen) atoms. The number of hydrogen-bond donors (Lipinski definition) is 2. The molecule has 0 aliphatic heterocycles. The van der Waals surface area contributed by atoms with E-state index in [1.807, 2.05) is 6.07 Å². The third kappa shape index (κ3) is 3.11. The molecule has 1 aromatic heterocycles. The van der Waals surface area contributed by atoms with Crippen molar-refractivity contribution in [2.45, 2.75) is 0 Å². The largest absolute Gasteiger partial charge is 0.507 e. The molecule has 0 aliphatic rings. The Hall–Kier alpha value is -3.41. The minimum Gasteiger partial charge on any atom is -0.507 e. The number of non-ortho nitro benzene ring substituents is 1. The summed E-state index contributed by atoms with van der Waals surface area (Å²) >= 11 is 0. The van der Waals surface area contributed by atoms with Crippen LogP contribution in [0, 0.1) is 10.1 Å². The highest BCUT2D eigenvalue weighted by atomic mass is 16.6. The first-order chi connectivity index (χ1) is 11.1. The third-order valence-electron chi connectivity index (χ3n) is 3.38. The SMILES string of the molecule is O=[N+]([O-])c1cccc(/C=C\c2cn[nH]c2-c2ccccc2O)c1. The smallest absolute Gasteiger partial charge is 0.270 e. The number of aromatic amines is 1. The fourth-order valence-corrected chi connectivity index (χ4v) is 2.25. The van der Waals surface area contributed by atoms with Crippen LogP contribution >= 0.6 is 0 Å². The normalized spacial score (nSPS) is 11.0. The summed E-state index contributed by atoms with van der Waals surface area (Å²) in [6, 6.07) is 13.3. The van der Waals surface area contributed by atoms with Crippen LogP contribution in [-0.4, -0.2) is 20.2 Å². The first kappa shape index (κ1) is 14.5. The molecule has 0 radical (unpaired) electrons. The van der Waals surface area contributed by atoms with Gasteiger partial charge in [0.1, 0.15) is 5.75 Å². The molecule has 0 amide bonds. The summed E-state index contributed by atoms with van der Waals surface area (Å²) in [5.41, 5.74) is 2.86. The molecule has 2 aromatic carbocycles. The van der Waals surface area contributed by atoms with Crippen LogP contribution in [0.25, 0.3) is 23.4 Å². The van der Waals surface area contributed by atoms with Gasteiger partial charge in [-0.15, -0.1) is 0 Å². The fraction of sp³-hybridized carbons (Fsp3) is 0. The van der Waals surface area contributed by atoms with Gasteiger partial charge in [-0.25, -0.2) is 0 Å². The van der Waals surface area contributed by atoms with Gasteiger partial charge in [0.25, 0.3) is 5.69 Å². The van der Waals surface area contributed by atoms with Crippen molar-refractivity contribution in [3.8, 4) is 17.0 Å². The van der Waals surface area contributed by atoms with Crippen molar-refractivity contribution in [3.63, 3.8) is 0 Å². The number of para-hydroxylation sites is 1. The highest BCUT2D eigenvalue weighted by Crippen LogP contribution is 2.30. The van der Waals surface area contributed by atoms with Gasteiger partial charge in [-0.1, -0.05) is 36.4 Å². The summed E-state index contributed by atoms with van der Waals surface area (Å²) in [5.74, 6) is 0.154. The second kappa shape index (κ2) is 6.15. The predicted octanol–water partition coefficient (Wildman–Crippen LogP) is 3.86. The van der Waals surface area contributed by atoms with Crippen molar-refractivity contribution in [2.24, 2.45) is 0 Å². The number of nitro groups is 1. The van der Waals surface area contributed by atoms with Gasteiger partial charge < -0.3 is 5.11 Å². The van der Waals surface area contributed by atoms with E-state index in [1.165, 1.54) is 12.1 Å². The molecule has 0 saturated carbocycles. The summed E-state index contributed by atoms with van der Waals surface area (Å²) in [6.45, 7) is 0. The number of nitro benzene ring substituents is 1. The zero-order valence-electron chi connectivity index (χ0n) is 12.0. The quantitative estimate of drug-likeness (QED) is 0.565. The van der Waals surface area contributed by atoms with Crippen LogP contribution in [0.5, 0.6) is 5.75 Å². The van der Waals surface area contributed by atoms with Crippen molar-refractivity contribution < 1.29 is 10.0 Å². The maximum absolute atomic E-state index is 10.8. The van der Waals surface area contributed by atoms with Crippen molar-refractivity contribution >= 4 is 17.8 Å². The first-order valence-electron chi connectivity index (χ1n) is 6.89. The van der Waals surface area contributed by atoms with E-state index in [-0.39, 0.29) is 11.4 Å². The maximum Gasteiger partial charge on any atom is 0.270 e. The molecule has 3 aromatic rings. The highest BCUT2D eigenvalue weighted by Gasteiger charge is 2.09. The molecular formula is C17H13N3O3. The van der Waals surface area contributed by atoms with Crippen LogP contribution in [0.3, 0.4) is 0 Å². The van der Waals surface area contributed by atoms with Gasteiger partial charge in [0, 0.05) is 23.3 Å². The van der Waals surface area contributed by atoms with Gasteiger partial charge in [-0.05, 0) is 17.7 Å². The van der Waals surface area contributed by atoms with Gasteiger partial charge in [0.15, 0.2) is 0 Å².